The highest BCUT2D eigenvalue weighted by Crippen LogP contribution is 2.27. The number of nitrogens with zero attached hydrogens (tertiary/aromatic N) is 3. The molecule has 5 nitrogen and oxygen atoms in total. The minimum absolute atomic E-state index is 0.0996. The minimum atomic E-state index is -0.200. The first kappa shape index (κ1) is 16.6. The van der Waals surface area contributed by atoms with Crippen LogP contribution in [0.15, 0.2) is 35.1 Å². The van der Waals surface area contributed by atoms with Crippen LogP contribution in [0.25, 0.3) is 0 Å². The molecule has 0 amide bonds. The number of H-pyrrole nitrogens is 1. The Bertz CT molecular complexity index is 733. The maximum absolute atomic E-state index is 13.0. The second-order valence-electron chi connectivity index (χ2n) is 6.57. The number of rotatable bonds is 4. The van der Waals surface area contributed by atoms with Crippen molar-refractivity contribution in [3.05, 3.63) is 57.8 Å². The summed E-state index contributed by atoms with van der Waals surface area (Å²) in [5, 5.41) is 0. The van der Waals surface area contributed by atoms with Crippen LogP contribution < -0.4 is 10.5 Å². The number of anilines is 1. The van der Waals surface area contributed by atoms with Gasteiger partial charge < -0.3 is 4.90 Å². The van der Waals surface area contributed by atoms with Crippen molar-refractivity contribution in [1.29, 1.82) is 0 Å². The third-order valence-electron chi connectivity index (χ3n) is 4.50. The van der Waals surface area contributed by atoms with Crippen molar-refractivity contribution in [2.75, 3.05) is 32.1 Å². The highest BCUT2D eigenvalue weighted by molar-refractivity contribution is 5.28. The molecule has 6 heteroatoms. The number of halogens is 1. The molecule has 1 aromatic heterocycles. The van der Waals surface area contributed by atoms with Gasteiger partial charge in [-0.25, -0.2) is 9.37 Å². The van der Waals surface area contributed by atoms with Crippen LogP contribution in [-0.2, 0) is 6.54 Å². The Kier molecular flexibility index (Phi) is 4.94. The summed E-state index contributed by atoms with van der Waals surface area (Å²) in [4.78, 5) is 23.3. The number of aromatic amines is 1. The third kappa shape index (κ3) is 4.00. The largest absolute Gasteiger partial charge is 0.348 e. The Labute approximate surface area is 141 Å². The van der Waals surface area contributed by atoms with Gasteiger partial charge in [0.2, 0.25) is 5.95 Å². The lowest BCUT2D eigenvalue weighted by Crippen LogP contribution is -2.33. The minimum Gasteiger partial charge on any atom is -0.348 e. The number of hydrogen-bond donors (Lipinski definition) is 1. The molecule has 1 aromatic carbocycles. The molecule has 0 aliphatic carbocycles. The van der Waals surface area contributed by atoms with Gasteiger partial charge in [-0.05, 0) is 43.6 Å². The van der Waals surface area contributed by atoms with Crippen LogP contribution in [0.5, 0.6) is 0 Å². The summed E-state index contributed by atoms with van der Waals surface area (Å²) < 4.78 is 13.0. The highest BCUT2D eigenvalue weighted by atomic mass is 19.1. The SMILES string of the molecule is CN(C)c1nc(C2CCN(Cc3ccc(F)cc3)CC2)cc(=O)[nH]1. The molecule has 0 radical (unpaired) electrons. The lowest BCUT2D eigenvalue weighted by Gasteiger charge is -2.31. The normalized spacial score (nSPS) is 16.3. The maximum atomic E-state index is 13.0. The molecule has 1 fully saturated rings. The fourth-order valence-electron chi connectivity index (χ4n) is 3.12. The first-order valence-electron chi connectivity index (χ1n) is 8.26. The van der Waals surface area contributed by atoms with Gasteiger partial charge in [-0.2, -0.15) is 0 Å². The van der Waals surface area contributed by atoms with Gasteiger partial charge in [0.15, 0.2) is 0 Å². The predicted molar refractivity (Wildman–Crippen MR) is 92.8 cm³/mol. The number of piperidine rings is 1. The van der Waals surface area contributed by atoms with Crippen LogP contribution in [0.3, 0.4) is 0 Å². The molecule has 0 spiro atoms. The summed E-state index contributed by atoms with van der Waals surface area (Å²) in [6, 6.07) is 8.30. The number of hydrogen-bond acceptors (Lipinski definition) is 4. The molecule has 0 saturated carbocycles. The predicted octanol–water partition coefficient (Wildman–Crippen LogP) is 2.35. The number of nitrogens with one attached hydrogen (secondary N) is 1. The summed E-state index contributed by atoms with van der Waals surface area (Å²) in [5.41, 5.74) is 1.90. The van der Waals surface area contributed by atoms with Crippen molar-refractivity contribution in [3.63, 3.8) is 0 Å². The van der Waals surface area contributed by atoms with Gasteiger partial charge in [0, 0.05) is 32.6 Å². The lowest BCUT2D eigenvalue weighted by molar-refractivity contribution is 0.203. The van der Waals surface area contributed by atoms with Crippen molar-refractivity contribution in [2.45, 2.75) is 25.3 Å². The smallest absolute Gasteiger partial charge is 0.252 e. The molecular weight excluding hydrogens is 307 g/mol. The number of aromatic nitrogens is 2. The first-order valence-corrected chi connectivity index (χ1v) is 8.26. The quantitative estimate of drug-likeness (QED) is 0.935. The molecule has 1 aliphatic heterocycles. The number of benzene rings is 1. The Morgan fingerprint density at radius 3 is 2.54 bits per heavy atom. The molecule has 2 aromatic rings. The zero-order valence-electron chi connectivity index (χ0n) is 14.1. The highest BCUT2D eigenvalue weighted by Gasteiger charge is 2.22. The van der Waals surface area contributed by atoms with E-state index in [1.165, 1.54) is 12.1 Å². The van der Waals surface area contributed by atoms with Gasteiger partial charge in [0.05, 0.1) is 5.69 Å². The molecule has 0 bridgehead atoms. The number of likely N-dealkylation sites (tertiary alicyclic amines) is 1. The van der Waals surface area contributed by atoms with Gasteiger partial charge >= 0.3 is 0 Å². The molecule has 24 heavy (non-hydrogen) atoms. The molecule has 1 N–H and O–H groups in total. The fraction of sp³-hybridized carbons (Fsp3) is 0.444. The van der Waals surface area contributed by atoms with E-state index in [-0.39, 0.29) is 11.4 Å². The molecular formula is C18H23FN4O. The first-order chi connectivity index (χ1) is 11.5. The van der Waals surface area contributed by atoms with Crippen LogP contribution in [-0.4, -0.2) is 42.1 Å². The maximum Gasteiger partial charge on any atom is 0.252 e. The van der Waals surface area contributed by atoms with E-state index in [2.05, 4.69) is 14.9 Å². The Morgan fingerprint density at radius 1 is 1.25 bits per heavy atom. The molecule has 0 unspecified atom stereocenters. The molecule has 1 saturated heterocycles. The van der Waals surface area contributed by atoms with E-state index in [0.717, 1.165) is 43.7 Å². The second kappa shape index (κ2) is 7.13. The van der Waals surface area contributed by atoms with E-state index < -0.39 is 0 Å². The molecule has 1 aliphatic rings. The van der Waals surface area contributed by atoms with Crippen LogP contribution in [0.1, 0.15) is 30.0 Å². The standard InChI is InChI=1S/C18H23FN4O/c1-22(2)18-20-16(11-17(24)21-18)14-7-9-23(10-8-14)12-13-3-5-15(19)6-4-13/h3-6,11,14H,7-10,12H2,1-2H3,(H,20,21,24). The van der Waals surface area contributed by atoms with Gasteiger partial charge in [-0.3, -0.25) is 14.7 Å². The summed E-state index contributed by atoms with van der Waals surface area (Å²) in [5.74, 6) is 0.719. The molecule has 2 heterocycles. The van der Waals surface area contributed by atoms with Crippen molar-refractivity contribution in [2.24, 2.45) is 0 Å². The molecule has 128 valence electrons. The summed E-state index contributed by atoms with van der Waals surface area (Å²) in [6.45, 7) is 2.74. The van der Waals surface area contributed by atoms with Crippen molar-refractivity contribution >= 4 is 5.95 Å². The van der Waals surface area contributed by atoms with Crippen molar-refractivity contribution in [3.8, 4) is 0 Å². The van der Waals surface area contributed by atoms with Gasteiger partial charge in [0.25, 0.3) is 5.56 Å². The summed E-state index contributed by atoms with van der Waals surface area (Å²) >= 11 is 0. The fourth-order valence-corrected chi connectivity index (χ4v) is 3.12. The van der Waals surface area contributed by atoms with E-state index in [1.807, 2.05) is 31.1 Å². The second-order valence-corrected chi connectivity index (χ2v) is 6.57. The monoisotopic (exact) mass is 330 g/mol. The van der Waals surface area contributed by atoms with Crippen LogP contribution >= 0.6 is 0 Å². The van der Waals surface area contributed by atoms with Crippen LogP contribution in [0, 0.1) is 5.82 Å². The van der Waals surface area contributed by atoms with Gasteiger partial charge in [0.1, 0.15) is 5.82 Å². The van der Waals surface area contributed by atoms with Crippen LogP contribution in [0.2, 0.25) is 0 Å². The average Bonchev–Trinajstić information content (AvgIpc) is 2.57. The third-order valence-corrected chi connectivity index (χ3v) is 4.50. The van der Waals surface area contributed by atoms with Crippen LogP contribution in [0.4, 0.5) is 10.3 Å². The van der Waals surface area contributed by atoms with E-state index in [1.54, 1.807) is 6.07 Å². The summed E-state index contributed by atoms with van der Waals surface area (Å²) in [6.07, 6.45) is 1.95. The van der Waals surface area contributed by atoms with E-state index in [4.69, 9.17) is 0 Å². The van der Waals surface area contributed by atoms with E-state index >= 15 is 0 Å². The Balaban J connectivity index is 1.62. The molecule has 0 atom stereocenters. The lowest BCUT2D eigenvalue weighted by atomic mass is 9.93. The van der Waals surface area contributed by atoms with E-state index in [9.17, 15) is 9.18 Å². The summed E-state index contributed by atoms with van der Waals surface area (Å²) in [7, 11) is 3.74. The molecule has 3 rings (SSSR count). The van der Waals surface area contributed by atoms with Gasteiger partial charge in [-0.1, -0.05) is 12.1 Å². The topological polar surface area (TPSA) is 52.2 Å². The zero-order chi connectivity index (χ0) is 17.1. The zero-order valence-corrected chi connectivity index (χ0v) is 14.1. The van der Waals surface area contributed by atoms with Crippen molar-refractivity contribution < 1.29 is 4.39 Å². The van der Waals surface area contributed by atoms with Crippen molar-refractivity contribution in [1.82, 2.24) is 14.9 Å². The van der Waals surface area contributed by atoms with E-state index in [0.29, 0.717) is 11.9 Å². The Hall–Kier alpha value is -2.21. The van der Waals surface area contributed by atoms with Gasteiger partial charge in [-0.15, -0.1) is 0 Å². The Morgan fingerprint density at radius 2 is 1.92 bits per heavy atom. The average molecular weight is 330 g/mol.